The molecule has 0 aliphatic heterocycles. The molecule has 1 N–H and O–H groups in total. The second-order valence-corrected chi connectivity index (χ2v) is 3.14. The van der Waals surface area contributed by atoms with E-state index in [1.165, 1.54) is 6.39 Å². The van der Waals surface area contributed by atoms with Gasteiger partial charge in [-0.3, -0.25) is 0 Å². The van der Waals surface area contributed by atoms with Crippen LogP contribution >= 0.6 is 0 Å². The number of hydrogen-bond donors (Lipinski definition) is 1. The SMILES string of the molecule is CCOc1ccc(NCc2cnco2)cn1. The number of nitrogens with one attached hydrogen (secondary N) is 1. The van der Waals surface area contributed by atoms with Crippen molar-refractivity contribution in [1.29, 1.82) is 0 Å². The maximum Gasteiger partial charge on any atom is 0.213 e. The van der Waals surface area contributed by atoms with Gasteiger partial charge < -0.3 is 14.5 Å². The number of hydrogen-bond acceptors (Lipinski definition) is 5. The summed E-state index contributed by atoms with van der Waals surface area (Å²) in [6.45, 7) is 3.14. The molecular formula is C11H13N3O2. The van der Waals surface area contributed by atoms with Crippen molar-refractivity contribution >= 4 is 5.69 Å². The molecule has 2 rings (SSSR count). The molecular weight excluding hydrogens is 206 g/mol. The van der Waals surface area contributed by atoms with Crippen LogP contribution in [0.2, 0.25) is 0 Å². The summed E-state index contributed by atoms with van der Waals surface area (Å²) in [5.74, 6) is 1.42. The van der Waals surface area contributed by atoms with Gasteiger partial charge in [-0.15, -0.1) is 0 Å². The first-order chi connectivity index (χ1) is 7.88. The number of anilines is 1. The maximum absolute atomic E-state index is 5.24. The van der Waals surface area contributed by atoms with Gasteiger partial charge in [0.2, 0.25) is 5.88 Å². The van der Waals surface area contributed by atoms with Gasteiger partial charge in [0, 0.05) is 6.07 Å². The van der Waals surface area contributed by atoms with Crippen LogP contribution in [0.4, 0.5) is 5.69 Å². The van der Waals surface area contributed by atoms with Gasteiger partial charge in [-0.2, -0.15) is 0 Å². The molecule has 16 heavy (non-hydrogen) atoms. The summed E-state index contributed by atoms with van der Waals surface area (Å²) in [5.41, 5.74) is 0.917. The normalized spacial score (nSPS) is 10.1. The van der Waals surface area contributed by atoms with Crippen LogP contribution in [0.3, 0.4) is 0 Å². The molecule has 0 aliphatic carbocycles. The fourth-order valence-corrected chi connectivity index (χ4v) is 1.24. The fraction of sp³-hybridized carbons (Fsp3) is 0.273. The molecule has 0 bridgehead atoms. The molecule has 0 saturated heterocycles. The molecule has 0 spiro atoms. The summed E-state index contributed by atoms with van der Waals surface area (Å²) in [6.07, 6.45) is 4.81. The van der Waals surface area contributed by atoms with Crippen LogP contribution in [0.15, 0.2) is 35.3 Å². The Kier molecular flexibility index (Phi) is 3.38. The van der Waals surface area contributed by atoms with Crippen molar-refractivity contribution in [3.8, 4) is 5.88 Å². The van der Waals surface area contributed by atoms with E-state index in [1.54, 1.807) is 12.4 Å². The maximum atomic E-state index is 5.24. The van der Waals surface area contributed by atoms with Crippen LogP contribution in [0.25, 0.3) is 0 Å². The Hall–Kier alpha value is -2.04. The van der Waals surface area contributed by atoms with E-state index in [9.17, 15) is 0 Å². The minimum absolute atomic E-state index is 0.593. The van der Waals surface area contributed by atoms with Crippen molar-refractivity contribution < 1.29 is 9.15 Å². The van der Waals surface area contributed by atoms with Crippen molar-refractivity contribution in [3.05, 3.63) is 36.7 Å². The lowest BCUT2D eigenvalue weighted by molar-refractivity contribution is 0.327. The largest absolute Gasteiger partial charge is 0.478 e. The number of pyridine rings is 1. The second-order valence-electron chi connectivity index (χ2n) is 3.14. The van der Waals surface area contributed by atoms with Crippen molar-refractivity contribution in [1.82, 2.24) is 9.97 Å². The molecule has 0 fully saturated rings. The van der Waals surface area contributed by atoms with Gasteiger partial charge in [-0.05, 0) is 13.0 Å². The Bertz CT molecular complexity index is 411. The molecule has 0 saturated carbocycles. The molecule has 0 unspecified atom stereocenters. The van der Waals surface area contributed by atoms with Gasteiger partial charge in [-0.25, -0.2) is 9.97 Å². The number of oxazole rings is 1. The summed E-state index contributed by atoms with van der Waals surface area (Å²) in [4.78, 5) is 7.97. The molecule has 2 heterocycles. The number of aromatic nitrogens is 2. The molecule has 0 radical (unpaired) electrons. The predicted octanol–water partition coefficient (Wildman–Crippen LogP) is 2.08. The Morgan fingerprint density at radius 3 is 2.94 bits per heavy atom. The average Bonchev–Trinajstić information content (AvgIpc) is 2.82. The smallest absolute Gasteiger partial charge is 0.213 e. The lowest BCUT2D eigenvalue weighted by atomic mass is 10.4. The third-order valence-corrected chi connectivity index (χ3v) is 1.98. The van der Waals surface area contributed by atoms with Crippen LogP contribution in [0.5, 0.6) is 5.88 Å². The highest BCUT2D eigenvalue weighted by Gasteiger charge is 1.98. The predicted molar refractivity (Wildman–Crippen MR) is 59.2 cm³/mol. The van der Waals surface area contributed by atoms with Gasteiger partial charge in [0.25, 0.3) is 0 Å². The highest BCUT2D eigenvalue weighted by molar-refractivity contribution is 5.42. The quantitative estimate of drug-likeness (QED) is 0.834. The summed E-state index contributed by atoms with van der Waals surface area (Å²) in [7, 11) is 0. The molecule has 5 heteroatoms. The van der Waals surface area contributed by atoms with Crippen LogP contribution in [0, 0.1) is 0 Å². The van der Waals surface area contributed by atoms with Crippen molar-refractivity contribution in [3.63, 3.8) is 0 Å². The molecule has 0 atom stereocenters. The van der Waals surface area contributed by atoms with Gasteiger partial charge in [-0.1, -0.05) is 0 Å². The fourth-order valence-electron chi connectivity index (χ4n) is 1.24. The summed E-state index contributed by atoms with van der Waals surface area (Å²) >= 11 is 0. The van der Waals surface area contributed by atoms with Crippen molar-refractivity contribution in [2.45, 2.75) is 13.5 Å². The van der Waals surface area contributed by atoms with Gasteiger partial charge >= 0.3 is 0 Å². The van der Waals surface area contributed by atoms with Crippen molar-refractivity contribution in [2.24, 2.45) is 0 Å². The molecule has 0 aromatic carbocycles. The van der Waals surface area contributed by atoms with Crippen LogP contribution in [-0.4, -0.2) is 16.6 Å². The highest BCUT2D eigenvalue weighted by atomic mass is 16.5. The van der Waals surface area contributed by atoms with Crippen LogP contribution < -0.4 is 10.1 Å². The molecule has 5 nitrogen and oxygen atoms in total. The topological polar surface area (TPSA) is 60.2 Å². The van der Waals surface area contributed by atoms with E-state index in [2.05, 4.69) is 15.3 Å². The Morgan fingerprint density at radius 1 is 1.38 bits per heavy atom. The van der Waals surface area contributed by atoms with Gasteiger partial charge in [0.15, 0.2) is 6.39 Å². The number of rotatable bonds is 5. The highest BCUT2D eigenvalue weighted by Crippen LogP contribution is 2.12. The Morgan fingerprint density at radius 2 is 2.31 bits per heavy atom. The van der Waals surface area contributed by atoms with E-state index in [1.807, 2.05) is 19.1 Å². The monoisotopic (exact) mass is 219 g/mol. The lowest BCUT2D eigenvalue weighted by Crippen LogP contribution is -1.99. The Balaban J connectivity index is 1.90. The average molecular weight is 219 g/mol. The lowest BCUT2D eigenvalue weighted by Gasteiger charge is -2.05. The standard InChI is InChI=1S/C11H13N3O2/c1-2-15-11-4-3-9(5-14-11)13-7-10-6-12-8-16-10/h3-6,8,13H,2,7H2,1H3. The first-order valence-corrected chi connectivity index (χ1v) is 5.08. The van der Waals surface area contributed by atoms with Gasteiger partial charge in [0.05, 0.1) is 31.2 Å². The number of nitrogens with zero attached hydrogens (tertiary/aromatic N) is 2. The zero-order valence-corrected chi connectivity index (χ0v) is 9.01. The van der Waals surface area contributed by atoms with E-state index in [0.29, 0.717) is 19.0 Å². The minimum atomic E-state index is 0.593. The molecule has 84 valence electrons. The molecule has 2 aromatic rings. The van der Waals surface area contributed by atoms with E-state index in [0.717, 1.165) is 11.4 Å². The Labute approximate surface area is 93.5 Å². The minimum Gasteiger partial charge on any atom is -0.478 e. The summed E-state index contributed by atoms with van der Waals surface area (Å²) in [5, 5.41) is 3.16. The van der Waals surface area contributed by atoms with E-state index in [4.69, 9.17) is 9.15 Å². The summed E-state index contributed by atoms with van der Waals surface area (Å²) < 4.78 is 10.3. The molecule has 0 aliphatic rings. The molecule has 2 aromatic heterocycles. The second kappa shape index (κ2) is 5.16. The van der Waals surface area contributed by atoms with E-state index < -0.39 is 0 Å². The third-order valence-electron chi connectivity index (χ3n) is 1.98. The first kappa shape index (κ1) is 10.5. The summed E-state index contributed by atoms with van der Waals surface area (Å²) in [6, 6.07) is 3.74. The van der Waals surface area contributed by atoms with Crippen molar-refractivity contribution in [2.75, 3.05) is 11.9 Å². The van der Waals surface area contributed by atoms with Crippen LogP contribution in [-0.2, 0) is 6.54 Å². The van der Waals surface area contributed by atoms with E-state index in [-0.39, 0.29) is 0 Å². The zero-order chi connectivity index (χ0) is 11.2. The van der Waals surface area contributed by atoms with E-state index >= 15 is 0 Å². The third kappa shape index (κ3) is 2.73. The first-order valence-electron chi connectivity index (χ1n) is 5.08. The molecule has 0 amide bonds. The zero-order valence-electron chi connectivity index (χ0n) is 9.01. The van der Waals surface area contributed by atoms with Crippen LogP contribution in [0.1, 0.15) is 12.7 Å². The van der Waals surface area contributed by atoms with Gasteiger partial charge in [0.1, 0.15) is 5.76 Å². The number of ether oxygens (including phenoxy) is 1.